The van der Waals surface area contributed by atoms with Gasteiger partial charge in [0, 0.05) is 0 Å². The lowest BCUT2D eigenvalue weighted by Gasteiger charge is -2.16. The summed E-state index contributed by atoms with van der Waals surface area (Å²) in [4.78, 5) is 0. The van der Waals surface area contributed by atoms with E-state index in [1.807, 2.05) is 6.07 Å². The molecule has 0 aromatic heterocycles. The van der Waals surface area contributed by atoms with Crippen molar-refractivity contribution in [1.82, 2.24) is 0 Å². The fourth-order valence-electron chi connectivity index (χ4n) is 1.97. The third kappa shape index (κ3) is 3.12. The first-order valence-corrected chi connectivity index (χ1v) is 6.29. The molecule has 0 bridgehead atoms. The van der Waals surface area contributed by atoms with Gasteiger partial charge in [0.05, 0.1) is 30.4 Å². The first-order valence-electron chi connectivity index (χ1n) is 6.29. The van der Waals surface area contributed by atoms with Crippen LogP contribution in [-0.2, 0) is 0 Å². The Hall–Kier alpha value is -2.58. The molecule has 1 atom stereocenters. The van der Waals surface area contributed by atoms with Gasteiger partial charge in [0.2, 0.25) is 0 Å². The molecule has 0 radical (unpaired) electrons. The topological polar surface area (TPSA) is 62.5 Å². The van der Waals surface area contributed by atoms with E-state index in [4.69, 9.17) is 14.7 Å². The maximum atomic E-state index is 13.9. The number of aliphatic hydroxyl groups excluding tert-OH is 1. The highest BCUT2D eigenvalue weighted by Gasteiger charge is 2.17. The summed E-state index contributed by atoms with van der Waals surface area (Å²) in [7, 11) is 1.48. The number of aliphatic hydroxyl groups is 1. The van der Waals surface area contributed by atoms with Crippen LogP contribution >= 0.6 is 0 Å². The molecule has 108 valence electrons. The Labute approximate surface area is 122 Å². The number of halogens is 1. The van der Waals surface area contributed by atoms with Crippen LogP contribution in [0.5, 0.6) is 17.2 Å². The van der Waals surface area contributed by atoms with Crippen molar-refractivity contribution < 1.29 is 19.0 Å². The van der Waals surface area contributed by atoms with Gasteiger partial charge in [0.25, 0.3) is 0 Å². The van der Waals surface area contributed by atoms with Crippen molar-refractivity contribution in [2.45, 2.75) is 13.0 Å². The molecule has 0 fully saturated rings. The second kappa shape index (κ2) is 6.25. The van der Waals surface area contributed by atoms with Gasteiger partial charge in [0.1, 0.15) is 11.5 Å². The highest BCUT2D eigenvalue weighted by Crippen LogP contribution is 2.37. The quantitative estimate of drug-likeness (QED) is 0.934. The fraction of sp³-hybridized carbons (Fsp3) is 0.188. The summed E-state index contributed by atoms with van der Waals surface area (Å²) in [6.45, 7) is 1.57. The summed E-state index contributed by atoms with van der Waals surface area (Å²) in [6.07, 6.45) is -0.836. The van der Waals surface area contributed by atoms with Gasteiger partial charge in [-0.25, -0.2) is 4.39 Å². The average molecular weight is 287 g/mol. The molecule has 0 aliphatic carbocycles. The second-order valence-electron chi connectivity index (χ2n) is 4.41. The summed E-state index contributed by atoms with van der Waals surface area (Å²) in [5.74, 6) is 0.0853. The summed E-state index contributed by atoms with van der Waals surface area (Å²) < 4.78 is 24.6. The SMILES string of the molecule is COc1cccc(Oc2ccc(C#N)cc2F)c1[C@@H](C)O. The van der Waals surface area contributed by atoms with Gasteiger partial charge in [-0.05, 0) is 37.3 Å². The summed E-state index contributed by atoms with van der Waals surface area (Å²) in [5, 5.41) is 18.6. The van der Waals surface area contributed by atoms with Gasteiger partial charge < -0.3 is 14.6 Å². The zero-order valence-electron chi connectivity index (χ0n) is 11.6. The third-order valence-electron chi connectivity index (χ3n) is 2.94. The molecule has 21 heavy (non-hydrogen) atoms. The fourth-order valence-corrected chi connectivity index (χ4v) is 1.97. The van der Waals surface area contributed by atoms with Crippen molar-refractivity contribution in [2.75, 3.05) is 7.11 Å². The number of ether oxygens (including phenoxy) is 2. The van der Waals surface area contributed by atoms with E-state index in [-0.39, 0.29) is 11.3 Å². The van der Waals surface area contributed by atoms with Crippen molar-refractivity contribution in [1.29, 1.82) is 5.26 Å². The van der Waals surface area contributed by atoms with Crippen molar-refractivity contribution >= 4 is 0 Å². The van der Waals surface area contributed by atoms with Crippen LogP contribution in [0.1, 0.15) is 24.2 Å². The van der Waals surface area contributed by atoms with E-state index in [0.717, 1.165) is 6.07 Å². The van der Waals surface area contributed by atoms with Crippen LogP contribution in [0.25, 0.3) is 0 Å². The molecular formula is C16H14FNO3. The minimum absolute atomic E-state index is 0.0239. The van der Waals surface area contributed by atoms with E-state index < -0.39 is 11.9 Å². The van der Waals surface area contributed by atoms with Gasteiger partial charge >= 0.3 is 0 Å². The van der Waals surface area contributed by atoms with Crippen molar-refractivity contribution in [2.24, 2.45) is 0 Å². The monoisotopic (exact) mass is 287 g/mol. The second-order valence-corrected chi connectivity index (χ2v) is 4.41. The van der Waals surface area contributed by atoms with Crippen molar-refractivity contribution in [3.8, 4) is 23.3 Å². The smallest absolute Gasteiger partial charge is 0.167 e. The highest BCUT2D eigenvalue weighted by atomic mass is 19.1. The molecule has 0 amide bonds. The molecule has 2 aromatic rings. The first kappa shape index (κ1) is 14.8. The molecule has 0 spiro atoms. The Morgan fingerprint density at radius 3 is 2.48 bits per heavy atom. The lowest BCUT2D eigenvalue weighted by atomic mass is 10.1. The summed E-state index contributed by atoms with van der Waals surface area (Å²) >= 11 is 0. The van der Waals surface area contributed by atoms with E-state index in [1.165, 1.54) is 19.2 Å². The first-order chi connectivity index (χ1) is 10.1. The molecule has 2 rings (SSSR count). The highest BCUT2D eigenvalue weighted by molar-refractivity contribution is 5.48. The molecule has 0 unspecified atom stereocenters. The van der Waals surface area contributed by atoms with Crippen LogP contribution in [0, 0.1) is 17.1 Å². The predicted molar refractivity (Wildman–Crippen MR) is 74.8 cm³/mol. The van der Waals surface area contributed by atoms with Gasteiger partial charge in [-0.3, -0.25) is 0 Å². The van der Waals surface area contributed by atoms with Crippen LogP contribution < -0.4 is 9.47 Å². The van der Waals surface area contributed by atoms with Gasteiger partial charge in [-0.1, -0.05) is 6.07 Å². The van der Waals surface area contributed by atoms with Crippen LogP contribution in [0.2, 0.25) is 0 Å². The van der Waals surface area contributed by atoms with E-state index in [2.05, 4.69) is 0 Å². The van der Waals surface area contributed by atoms with Crippen LogP contribution in [0.15, 0.2) is 36.4 Å². The number of rotatable bonds is 4. The maximum absolute atomic E-state index is 13.9. The standard InChI is InChI=1S/C16H14FNO3/c1-10(19)16-14(20-2)4-3-5-15(16)21-13-7-6-11(9-18)8-12(13)17/h3-8,10,19H,1-2H3/t10-/m1/s1. The van der Waals surface area contributed by atoms with Crippen LogP contribution in [-0.4, -0.2) is 12.2 Å². The normalized spacial score (nSPS) is 11.6. The zero-order chi connectivity index (χ0) is 15.4. The Morgan fingerprint density at radius 2 is 1.90 bits per heavy atom. The molecule has 0 saturated heterocycles. The van der Waals surface area contributed by atoms with Crippen LogP contribution in [0.4, 0.5) is 4.39 Å². The van der Waals surface area contributed by atoms with Gasteiger partial charge in [-0.2, -0.15) is 5.26 Å². The van der Waals surface area contributed by atoms with Gasteiger partial charge in [-0.15, -0.1) is 0 Å². The van der Waals surface area contributed by atoms with E-state index in [9.17, 15) is 9.50 Å². The van der Waals surface area contributed by atoms with E-state index in [0.29, 0.717) is 17.1 Å². The molecule has 0 saturated carbocycles. The number of hydrogen-bond acceptors (Lipinski definition) is 4. The molecule has 1 N–H and O–H groups in total. The Balaban J connectivity index is 2.43. The number of nitrogens with zero attached hydrogens (tertiary/aromatic N) is 1. The Bertz CT molecular complexity index is 692. The molecule has 5 heteroatoms. The van der Waals surface area contributed by atoms with Crippen LogP contribution in [0.3, 0.4) is 0 Å². The summed E-state index contributed by atoms with van der Waals surface area (Å²) in [6, 6.07) is 10.8. The lowest BCUT2D eigenvalue weighted by Crippen LogP contribution is -2.00. The Kier molecular flexibility index (Phi) is 4.41. The Morgan fingerprint density at radius 1 is 1.19 bits per heavy atom. The molecule has 0 aliphatic heterocycles. The minimum Gasteiger partial charge on any atom is -0.496 e. The molecule has 2 aromatic carbocycles. The number of hydrogen-bond donors (Lipinski definition) is 1. The number of benzene rings is 2. The largest absolute Gasteiger partial charge is 0.496 e. The number of methoxy groups -OCH3 is 1. The van der Waals surface area contributed by atoms with Crippen molar-refractivity contribution in [3.63, 3.8) is 0 Å². The molecular weight excluding hydrogens is 273 g/mol. The third-order valence-corrected chi connectivity index (χ3v) is 2.94. The lowest BCUT2D eigenvalue weighted by molar-refractivity contribution is 0.190. The molecule has 4 nitrogen and oxygen atoms in total. The summed E-state index contributed by atoms with van der Waals surface area (Å²) in [5.41, 5.74) is 0.644. The van der Waals surface area contributed by atoms with E-state index >= 15 is 0 Å². The van der Waals surface area contributed by atoms with Gasteiger partial charge in [0.15, 0.2) is 11.6 Å². The van der Waals surface area contributed by atoms with Crippen molar-refractivity contribution in [3.05, 3.63) is 53.3 Å². The minimum atomic E-state index is -0.836. The zero-order valence-corrected chi connectivity index (χ0v) is 11.6. The molecule has 0 aliphatic rings. The number of nitriles is 1. The molecule has 0 heterocycles. The predicted octanol–water partition coefficient (Wildman–Crippen LogP) is 3.55. The average Bonchev–Trinajstić information content (AvgIpc) is 2.48. The maximum Gasteiger partial charge on any atom is 0.167 e. The van der Waals surface area contributed by atoms with E-state index in [1.54, 1.807) is 25.1 Å².